The Morgan fingerprint density at radius 3 is 2.79 bits per heavy atom. The number of nitrogens with two attached hydrogens (primary N) is 3. The topological polar surface area (TPSA) is 161 Å². The summed E-state index contributed by atoms with van der Waals surface area (Å²) >= 11 is 0. The van der Waals surface area contributed by atoms with Crippen LogP contribution in [0.25, 0.3) is 11.4 Å². The van der Waals surface area contributed by atoms with Gasteiger partial charge in [-0.3, -0.25) is 9.89 Å². The molecule has 2 aromatic rings. The number of hydrogen-bond acceptors (Lipinski definition) is 5. The van der Waals surface area contributed by atoms with E-state index in [0.29, 0.717) is 17.0 Å². The molecule has 8 N–H and O–H groups in total. The maximum absolute atomic E-state index is 11.7. The van der Waals surface area contributed by atoms with Crippen molar-refractivity contribution in [3.8, 4) is 11.4 Å². The predicted octanol–water partition coefficient (Wildman–Crippen LogP) is -1.03. The summed E-state index contributed by atoms with van der Waals surface area (Å²) in [5, 5.41) is 9.79. The van der Waals surface area contributed by atoms with Gasteiger partial charge in [0.1, 0.15) is 0 Å². The summed E-state index contributed by atoms with van der Waals surface area (Å²) in [7, 11) is 0. The third kappa shape index (κ3) is 2.97. The van der Waals surface area contributed by atoms with Crippen LogP contribution in [-0.4, -0.2) is 27.0 Å². The summed E-state index contributed by atoms with van der Waals surface area (Å²) < 4.78 is 0. The molecule has 0 bridgehead atoms. The molecule has 1 aromatic carbocycles. The molecule has 0 aliphatic rings. The van der Waals surface area contributed by atoms with Gasteiger partial charge >= 0.3 is 0 Å². The van der Waals surface area contributed by atoms with Gasteiger partial charge < -0.3 is 17.2 Å². The maximum Gasteiger partial charge on any atom is 0.271 e. The van der Waals surface area contributed by atoms with Crippen LogP contribution in [0.2, 0.25) is 0 Å². The van der Waals surface area contributed by atoms with Gasteiger partial charge in [-0.15, -0.1) is 10.2 Å². The second-order valence-corrected chi connectivity index (χ2v) is 3.60. The molecule has 0 spiro atoms. The number of carbonyl (C=O) groups excluding carboxylic acids is 1. The molecule has 1 aromatic heterocycles. The number of nitrogen functional groups attached to an aromatic ring is 1. The zero-order chi connectivity index (χ0) is 13.8. The SMILES string of the molecule is NC(N)=NNC(=O)c1cccc(-c2nc(N)n[nH]2)c1. The summed E-state index contributed by atoms with van der Waals surface area (Å²) in [4.78, 5) is 15.7. The van der Waals surface area contributed by atoms with Crippen molar-refractivity contribution in [2.45, 2.75) is 0 Å². The smallest absolute Gasteiger partial charge is 0.271 e. The van der Waals surface area contributed by atoms with Crippen molar-refractivity contribution < 1.29 is 4.79 Å². The van der Waals surface area contributed by atoms with Crippen LogP contribution in [0.5, 0.6) is 0 Å². The molecule has 0 saturated carbocycles. The fraction of sp³-hybridized carbons (Fsp3) is 0. The minimum Gasteiger partial charge on any atom is -0.369 e. The third-order valence-corrected chi connectivity index (χ3v) is 2.19. The van der Waals surface area contributed by atoms with E-state index in [-0.39, 0.29) is 11.9 Å². The van der Waals surface area contributed by atoms with Crippen LogP contribution < -0.4 is 22.6 Å². The molecule has 0 unspecified atom stereocenters. The highest BCUT2D eigenvalue weighted by atomic mass is 16.2. The number of anilines is 1. The van der Waals surface area contributed by atoms with Gasteiger partial charge in [0.25, 0.3) is 5.91 Å². The second-order valence-electron chi connectivity index (χ2n) is 3.60. The van der Waals surface area contributed by atoms with Crippen molar-refractivity contribution in [3.63, 3.8) is 0 Å². The van der Waals surface area contributed by atoms with E-state index in [2.05, 4.69) is 25.7 Å². The van der Waals surface area contributed by atoms with Gasteiger partial charge in [-0.1, -0.05) is 12.1 Å². The monoisotopic (exact) mass is 260 g/mol. The maximum atomic E-state index is 11.7. The Morgan fingerprint density at radius 1 is 1.37 bits per heavy atom. The van der Waals surface area contributed by atoms with E-state index >= 15 is 0 Å². The summed E-state index contributed by atoms with van der Waals surface area (Å²) in [6, 6.07) is 6.67. The lowest BCUT2D eigenvalue weighted by atomic mass is 10.1. The normalized spacial score (nSPS) is 9.89. The average Bonchev–Trinajstić information content (AvgIpc) is 2.83. The van der Waals surface area contributed by atoms with E-state index in [0.717, 1.165) is 0 Å². The largest absolute Gasteiger partial charge is 0.369 e. The van der Waals surface area contributed by atoms with E-state index in [1.54, 1.807) is 24.3 Å². The quantitative estimate of drug-likeness (QED) is 0.269. The molecule has 19 heavy (non-hydrogen) atoms. The first-order valence-electron chi connectivity index (χ1n) is 5.23. The van der Waals surface area contributed by atoms with Crippen molar-refractivity contribution in [1.82, 2.24) is 20.6 Å². The molecular weight excluding hydrogens is 248 g/mol. The van der Waals surface area contributed by atoms with E-state index in [9.17, 15) is 4.79 Å². The second kappa shape index (κ2) is 5.04. The average molecular weight is 260 g/mol. The first-order chi connectivity index (χ1) is 9.06. The molecule has 9 heteroatoms. The van der Waals surface area contributed by atoms with Crippen LogP contribution in [0.4, 0.5) is 5.95 Å². The van der Waals surface area contributed by atoms with Gasteiger partial charge in [-0.2, -0.15) is 4.98 Å². The van der Waals surface area contributed by atoms with Crippen LogP contribution >= 0.6 is 0 Å². The van der Waals surface area contributed by atoms with Crippen molar-refractivity contribution in [2.75, 3.05) is 5.73 Å². The zero-order valence-corrected chi connectivity index (χ0v) is 9.79. The van der Waals surface area contributed by atoms with Gasteiger partial charge in [0.2, 0.25) is 11.9 Å². The number of aromatic amines is 1. The van der Waals surface area contributed by atoms with Crippen LogP contribution in [0, 0.1) is 0 Å². The Bertz CT molecular complexity index is 628. The number of nitrogens with one attached hydrogen (secondary N) is 2. The summed E-state index contributed by atoms with van der Waals surface area (Å²) in [6.45, 7) is 0. The molecule has 98 valence electrons. The minimum atomic E-state index is -0.442. The number of aromatic nitrogens is 3. The summed E-state index contributed by atoms with van der Waals surface area (Å²) in [5.74, 6) is -0.0744. The molecule has 1 heterocycles. The van der Waals surface area contributed by atoms with Gasteiger partial charge in [-0.25, -0.2) is 5.43 Å². The molecule has 0 aliphatic heterocycles. The van der Waals surface area contributed by atoms with E-state index in [1.807, 2.05) is 0 Å². The lowest BCUT2D eigenvalue weighted by molar-refractivity contribution is 0.0954. The molecule has 0 aliphatic carbocycles. The lowest BCUT2D eigenvalue weighted by Gasteiger charge is -2.02. The molecular formula is C10H12N8O. The number of rotatable bonds is 3. The molecule has 0 saturated heterocycles. The van der Waals surface area contributed by atoms with Crippen LogP contribution in [-0.2, 0) is 0 Å². The van der Waals surface area contributed by atoms with Crippen molar-refractivity contribution >= 4 is 17.8 Å². The van der Waals surface area contributed by atoms with Crippen molar-refractivity contribution in [1.29, 1.82) is 0 Å². The summed E-state index contributed by atoms with van der Waals surface area (Å²) in [5.41, 5.74) is 18.9. The summed E-state index contributed by atoms with van der Waals surface area (Å²) in [6.07, 6.45) is 0. The number of carbonyl (C=O) groups is 1. The van der Waals surface area contributed by atoms with Crippen molar-refractivity contribution in [3.05, 3.63) is 29.8 Å². The first-order valence-corrected chi connectivity index (χ1v) is 5.23. The molecule has 0 atom stereocenters. The molecule has 9 nitrogen and oxygen atoms in total. The van der Waals surface area contributed by atoms with Gasteiger partial charge in [0.05, 0.1) is 0 Å². The van der Waals surface area contributed by atoms with Gasteiger partial charge in [0, 0.05) is 11.1 Å². The Hall–Kier alpha value is -3.10. The number of hydrazone groups is 1. The van der Waals surface area contributed by atoms with E-state index in [1.165, 1.54) is 0 Å². The lowest BCUT2D eigenvalue weighted by Crippen LogP contribution is -2.29. The van der Waals surface area contributed by atoms with Gasteiger partial charge in [0.15, 0.2) is 5.82 Å². The fourth-order valence-electron chi connectivity index (χ4n) is 1.39. The minimum absolute atomic E-state index is 0.130. The van der Waals surface area contributed by atoms with E-state index in [4.69, 9.17) is 17.2 Å². The first kappa shape index (κ1) is 12.4. The van der Waals surface area contributed by atoms with Gasteiger partial charge in [-0.05, 0) is 12.1 Å². The number of hydrogen-bond donors (Lipinski definition) is 5. The molecule has 0 radical (unpaired) electrons. The number of amides is 1. The number of guanidine groups is 1. The Kier molecular flexibility index (Phi) is 3.28. The van der Waals surface area contributed by atoms with Crippen LogP contribution in [0.3, 0.4) is 0 Å². The Morgan fingerprint density at radius 2 is 2.16 bits per heavy atom. The predicted molar refractivity (Wildman–Crippen MR) is 69.5 cm³/mol. The Balaban J connectivity index is 2.24. The number of H-pyrrole nitrogens is 1. The fourth-order valence-corrected chi connectivity index (χ4v) is 1.39. The standard InChI is InChI=1S/C10H12N8O/c11-9(12)17-16-8(19)6-3-1-2-5(4-6)7-14-10(13)18-15-7/h1-4H,(H,16,19)(H4,11,12,17)(H3,13,14,15,18). The third-order valence-electron chi connectivity index (χ3n) is 2.19. The highest BCUT2D eigenvalue weighted by Gasteiger charge is 2.08. The zero-order valence-electron chi connectivity index (χ0n) is 9.79. The highest BCUT2D eigenvalue weighted by Crippen LogP contribution is 2.16. The van der Waals surface area contributed by atoms with E-state index < -0.39 is 5.91 Å². The molecule has 2 rings (SSSR count). The highest BCUT2D eigenvalue weighted by molar-refractivity contribution is 5.95. The Labute approximate surface area is 107 Å². The van der Waals surface area contributed by atoms with Crippen molar-refractivity contribution in [2.24, 2.45) is 16.6 Å². The van der Waals surface area contributed by atoms with Crippen LogP contribution in [0.15, 0.2) is 29.4 Å². The number of nitrogens with zero attached hydrogens (tertiary/aromatic N) is 3. The van der Waals surface area contributed by atoms with Crippen LogP contribution in [0.1, 0.15) is 10.4 Å². The molecule has 1 amide bonds. The number of benzene rings is 1. The molecule has 0 fully saturated rings.